The zero-order valence-electron chi connectivity index (χ0n) is 10.5. The van der Waals surface area contributed by atoms with E-state index in [1.807, 2.05) is 0 Å². The summed E-state index contributed by atoms with van der Waals surface area (Å²) >= 11 is 0. The molecular formula is C11H16N2O4S2. The Bertz CT molecular complexity index is 668. The number of rotatable bonds is 4. The fourth-order valence-corrected chi connectivity index (χ4v) is 4.69. The smallest absolute Gasteiger partial charge is 0.179 e. The van der Waals surface area contributed by atoms with Crippen LogP contribution in [0.2, 0.25) is 0 Å². The lowest BCUT2D eigenvalue weighted by atomic mass is 10.2. The van der Waals surface area contributed by atoms with Crippen LogP contribution >= 0.6 is 0 Å². The molecular weight excluding hydrogens is 288 g/mol. The largest absolute Gasteiger partial charge is 0.368 e. The van der Waals surface area contributed by atoms with Gasteiger partial charge in [0, 0.05) is 19.0 Å². The first-order valence-electron chi connectivity index (χ1n) is 5.91. The van der Waals surface area contributed by atoms with E-state index in [4.69, 9.17) is 0 Å². The first-order valence-corrected chi connectivity index (χ1v) is 9.52. The molecule has 0 saturated carbocycles. The van der Waals surface area contributed by atoms with Crippen molar-refractivity contribution >= 4 is 25.5 Å². The van der Waals surface area contributed by atoms with E-state index < -0.39 is 24.9 Å². The van der Waals surface area contributed by atoms with Gasteiger partial charge in [0.05, 0.1) is 11.0 Å². The SMILES string of the molecule is CS(=O)(=O)c1cccnc1NCC1CCCS1(=O)=O. The molecule has 1 aliphatic heterocycles. The van der Waals surface area contributed by atoms with E-state index in [1.54, 1.807) is 0 Å². The number of sulfone groups is 2. The molecule has 8 heteroatoms. The Hall–Kier alpha value is -1.15. The van der Waals surface area contributed by atoms with Gasteiger partial charge in [0.2, 0.25) is 0 Å². The minimum atomic E-state index is -3.38. The molecule has 0 radical (unpaired) electrons. The molecule has 1 fully saturated rings. The van der Waals surface area contributed by atoms with Crippen molar-refractivity contribution in [3.05, 3.63) is 18.3 Å². The fourth-order valence-electron chi connectivity index (χ4n) is 2.12. The average molecular weight is 304 g/mol. The summed E-state index contributed by atoms with van der Waals surface area (Å²) in [7, 11) is -6.43. The highest BCUT2D eigenvalue weighted by molar-refractivity contribution is 7.92. The van der Waals surface area contributed by atoms with E-state index >= 15 is 0 Å². The maximum atomic E-state index is 11.7. The van der Waals surface area contributed by atoms with Crippen molar-refractivity contribution in [1.29, 1.82) is 0 Å². The van der Waals surface area contributed by atoms with Gasteiger partial charge in [0.1, 0.15) is 10.7 Å². The quantitative estimate of drug-likeness (QED) is 0.869. The van der Waals surface area contributed by atoms with Gasteiger partial charge < -0.3 is 5.32 Å². The minimum Gasteiger partial charge on any atom is -0.368 e. The summed E-state index contributed by atoms with van der Waals surface area (Å²) in [5.41, 5.74) is 0. The van der Waals surface area contributed by atoms with Crippen molar-refractivity contribution in [2.75, 3.05) is 23.9 Å². The zero-order valence-corrected chi connectivity index (χ0v) is 12.2. The molecule has 106 valence electrons. The van der Waals surface area contributed by atoms with Gasteiger partial charge in [-0.05, 0) is 25.0 Å². The maximum Gasteiger partial charge on any atom is 0.179 e. The second-order valence-corrected chi connectivity index (χ2v) is 9.02. The number of hydrogen-bond acceptors (Lipinski definition) is 6. The van der Waals surface area contributed by atoms with Crippen LogP contribution in [0, 0.1) is 0 Å². The Morgan fingerprint density at radius 2 is 2.21 bits per heavy atom. The summed E-state index contributed by atoms with van der Waals surface area (Å²) in [6.07, 6.45) is 3.84. The summed E-state index contributed by atoms with van der Waals surface area (Å²) in [5, 5.41) is 2.39. The Morgan fingerprint density at radius 1 is 1.47 bits per heavy atom. The molecule has 1 atom stereocenters. The Kier molecular flexibility index (Phi) is 3.82. The van der Waals surface area contributed by atoms with Crippen LogP contribution < -0.4 is 5.32 Å². The minimum absolute atomic E-state index is 0.0883. The fraction of sp³-hybridized carbons (Fsp3) is 0.545. The number of nitrogens with zero attached hydrogens (tertiary/aromatic N) is 1. The first-order chi connectivity index (χ1) is 8.81. The van der Waals surface area contributed by atoms with Gasteiger partial charge in [-0.15, -0.1) is 0 Å². The second-order valence-electron chi connectivity index (χ2n) is 4.63. The predicted molar refractivity (Wildman–Crippen MR) is 72.6 cm³/mol. The van der Waals surface area contributed by atoms with Gasteiger partial charge in [0.15, 0.2) is 19.7 Å². The predicted octanol–water partition coefficient (Wildman–Crippen LogP) is 0.474. The summed E-state index contributed by atoms with van der Waals surface area (Å²) in [4.78, 5) is 4.06. The molecule has 0 bridgehead atoms. The third kappa shape index (κ3) is 3.24. The molecule has 0 spiro atoms. The van der Waals surface area contributed by atoms with E-state index in [0.29, 0.717) is 12.8 Å². The van der Waals surface area contributed by atoms with Gasteiger partial charge >= 0.3 is 0 Å². The molecule has 1 aromatic rings. The van der Waals surface area contributed by atoms with Crippen LogP contribution in [0.1, 0.15) is 12.8 Å². The average Bonchev–Trinajstić information content (AvgIpc) is 2.65. The van der Waals surface area contributed by atoms with Crippen LogP contribution in [-0.2, 0) is 19.7 Å². The van der Waals surface area contributed by atoms with E-state index in [9.17, 15) is 16.8 Å². The maximum absolute atomic E-state index is 11.7. The number of anilines is 1. The van der Waals surface area contributed by atoms with Crippen molar-refractivity contribution in [1.82, 2.24) is 4.98 Å². The van der Waals surface area contributed by atoms with Crippen molar-refractivity contribution < 1.29 is 16.8 Å². The van der Waals surface area contributed by atoms with E-state index in [0.717, 1.165) is 6.26 Å². The van der Waals surface area contributed by atoms with Crippen LogP contribution in [0.5, 0.6) is 0 Å². The first kappa shape index (κ1) is 14.3. The Labute approximate surface area is 113 Å². The molecule has 0 aliphatic carbocycles. The van der Waals surface area contributed by atoms with Gasteiger partial charge in [0.25, 0.3) is 0 Å². The number of nitrogens with one attached hydrogen (secondary N) is 1. The lowest BCUT2D eigenvalue weighted by Gasteiger charge is -2.13. The molecule has 2 rings (SSSR count). The van der Waals surface area contributed by atoms with Gasteiger partial charge in [-0.25, -0.2) is 21.8 Å². The normalized spacial score (nSPS) is 22.3. The van der Waals surface area contributed by atoms with Crippen molar-refractivity contribution in [3.63, 3.8) is 0 Å². The van der Waals surface area contributed by atoms with Gasteiger partial charge in [-0.2, -0.15) is 0 Å². The molecule has 1 unspecified atom stereocenters. The third-order valence-corrected chi connectivity index (χ3v) is 6.53. The Morgan fingerprint density at radius 3 is 2.79 bits per heavy atom. The molecule has 1 aliphatic rings. The van der Waals surface area contributed by atoms with Gasteiger partial charge in [-0.1, -0.05) is 0 Å². The van der Waals surface area contributed by atoms with Crippen molar-refractivity contribution in [3.8, 4) is 0 Å². The number of aromatic nitrogens is 1. The molecule has 6 nitrogen and oxygen atoms in total. The monoisotopic (exact) mass is 304 g/mol. The van der Waals surface area contributed by atoms with Crippen molar-refractivity contribution in [2.24, 2.45) is 0 Å². The summed E-state index contributed by atoms with van der Waals surface area (Å²) in [6, 6.07) is 2.99. The standard InChI is InChI=1S/C11H16N2O4S2/c1-18(14,15)10-5-2-6-12-11(10)13-8-9-4-3-7-19(9,16)17/h2,5-6,9H,3-4,7-8H2,1H3,(H,12,13). The van der Waals surface area contributed by atoms with Crippen LogP contribution in [-0.4, -0.2) is 45.6 Å². The van der Waals surface area contributed by atoms with Gasteiger partial charge in [-0.3, -0.25) is 0 Å². The molecule has 19 heavy (non-hydrogen) atoms. The van der Waals surface area contributed by atoms with E-state index in [1.165, 1.54) is 18.3 Å². The van der Waals surface area contributed by atoms with Crippen LogP contribution in [0.4, 0.5) is 5.82 Å². The highest BCUT2D eigenvalue weighted by Gasteiger charge is 2.31. The number of hydrogen-bond donors (Lipinski definition) is 1. The molecule has 0 aromatic carbocycles. The molecule has 1 N–H and O–H groups in total. The van der Waals surface area contributed by atoms with Crippen LogP contribution in [0.15, 0.2) is 23.2 Å². The second kappa shape index (κ2) is 5.09. The molecule has 1 saturated heterocycles. The molecule has 1 aromatic heterocycles. The topological polar surface area (TPSA) is 93.2 Å². The number of pyridine rings is 1. The van der Waals surface area contributed by atoms with E-state index in [-0.39, 0.29) is 23.0 Å². The third-order valence-electron chi connectivity index (χ3n) is 3.13. The Balaban J connectivity index is 2.17. The highest BCUT2D eigenvalue weighted by atomic mass is 32.2. The zero-order chi connectivity index (χ0) is 14.1. The summed E-state index contributed by atoms with van der Waals surface area (Å²) in [6.45, 7) is 0.196. The molecule has 2 heterocycles. The van der Waals surface area contributed by atoms with Crippen molar-refractivity contribution in [2.45, 2.75) is 23.0 Å². The summed E-state index contributed by atoms with van der Waals surface area (Å²) in [5.74, 6) is 0.424. The lowest BCUT2D eigenvalue weighted by Crippen LogP contribution is -2.26. The molecule has 0 amide bonds. The van der Waals surface area contributed by atoms with Crippen LogP contribution in [0.25, 0.3) is 0 Å². The lowest BCUT2D eigenvalue weighted by molar-refractivity contribution is 0.591. The van der Waals surface area contributed by atoms with E-state index in [2.05, 4.69) is 10.3 Å². The highest BCUT2D eigenvalue weighted by Crippen LogP contribution is 2.22. The van der Waals surface area contributed by atoms with Crippen LogP contribution in [0.3, 0.4) is 0 Å². The summed E-state index contributed by atoms with van der Waals surface area (Å²) < 4.78 is 46.5.